The molecule has 0 aliphatic carbocycles. The zero-order chi connectivity index (χ0) is 13.0. The van der Waals surface area contributed by atoms with E-state index in [1.165, 1.54) is 11.1 Å². The van der Waals surface area contributed by atoms with Crippen molar-refractivity contribution in [3.05, 3.63) is 65.2 Å². The van der Waals surface area contributed by atoms with E-state index in [4.69, 9.17) is 0 Å². The molecule has 0 heterocycles. The van der Waals surface area contributed by atoms with Crippen LogP contribution in [-0.4, -0.2) is 11.4 Å². The van der Waals surface area contributed by atoms with Crippen LogP contribution in [0.1, 0.15) is 22.8 Å². The molecule has 0 saturated heterocycles. The van der Waals surface area contributed by atoms with Gasteiger partial charge in [-0.1, -0.05) is 48.0 Å². The first-order valence-electron chi connectivity index (χ1n) is 6.07. The number of aliphatic hydroxyl groups is 1. The van der Waals surface area contributed by atoms with Gasteiger partial charge in [-0.15, -0.1) is 11.8 Å². The van der Waals surface area contributed by atoms with Crippen LogP contribution < -0.4 is 0 Å². The molecule has 18 heavy (non-hydrogen) atoms. The number of rotatable bonds is 4. The minimum atomic E-state index is -0.435. The molecular weight excluding hydrogens is 240 g/mol. The first kappa shape index (κ1) is 13.2. The largest absolute Gasteiger partial charge is 0.388 e. The third kappa shape index (κ3) is 3.15. The fourth-order valence-electron chi connectivity index (χ4n) is 2.11. The molecule has 2 heteroatoms. The zero-order valence-electron chi connectivity index (χ0n) is 10.8. The Morgan fingerprint density at radius 1 is 1.11 bits per heavy atom. The van der Waals surface area contributed by atoms with Gasteiger partial charge < -0.3 is 5.11 Å². The van der Waals surface area contributed by atoms with Gasteiger partial charge in [-0.25, -0.2) is 0 Å². The van der Waals surface area contributed by atoms with Crippen LogP contribution in [-0.2, 0) is 6.42 Å². The minimum absolute atomic E-state index is 0.435. The predicted molar refractivity (Wildman–Crippen MR) is 78.1 cm³/mol. The lowest BCUT2D eigenvalue weighted by Gasteiger charge is -2.14. The summed E-state index contributed by atoms with van der Waals surface area (Å²) < 4.78 is 0. The summed E-state index contributed by atoms with van der Waals surface area (Å²) in [6, 6.07) is 16.4. The molecule has 2 rings (SSSR count). The van der Waals surface area contributed by atoms with Gasteiger partial charge in [-0.05, 0) is 30.4 Å². The Bertz CT molecular complexity index is 522. The fourth-order valence-corrected chi connectivity index (χ4v) is 2.77. The zero-order valence-corrected chi connectivity index (χ0v) is 11.6. The summed E-state index contributed by atoms with van der Waals surface area (Å²) in [6.07, 6.45) is 2.27. The Morgan fingerprint density at radius 2 is 1.89 bits per heavy atom. The Labute approximate surface area is 113 Å². The smallest absolute Gasteiger partial charge is 0.0841 e. The number of aryl methyl sites for hydroxylation is 1. The molecule has 1 N–H and O–H groups in total. The van der Waals surface area contributed by atoms with Gasteiger partial charge in [0.25, 0.3) is 0 Å². The van der Waals surface area contributed by atoms with Crippen LogP contribution in [0.5, 0.6) is 0 Å². The van der Waals surface area contributed by atoms with Gasteiger partial charge in [-0.2, -0.15) is 0 Å². The second kappa shape index (κ2) is 6.07. The first-order valence-corrected chi connectivity index (χ1v) is 7.29. The third-order valence-electron chi connectivity index (χ3n) is 3.01. The van der Waals surface area contributed by atoms with E-state index in [0.717, 1.165) is 10.5 Å². The Hall–Kier alpha value is -1.25. The highest BCUT2D eigenvalue weighted by atomic mass is 32.2. The minimum Gasteiger partial charge on any atom is -0.388 e. The van der Waals surface area contributed by atoms with Crippen LogP contribution in [0.25, 0.3) is 0 Å². The Morgan fingerprint density at radius 3 is 2.61 bits per heavy atom. The fraction of sp³-hybridized carbons (Fsp3) is 0.250. The van der Waals surface area contributed by atoms with E-state index in [9.17, 15) is 5.11 Å². The Kier molecular flexibility index (Phi) is 4.45. The van der Waals surface area contributed by atoms with E-state index in [2.05, 4.69) is 31.2 Å². The second-order valence-electron chi connectivity index (χ2n) is 4.45. The van der Waals surface area contributed by atoms with E-state index in [-0.39, 0.29) is 0 Å². The highest BCUT2D eigenvalue weighted by Gasteiger charge is 2.12. The van der Waals surface area contributed by atoms with E-state index in [0.29, 0.717) is 6.42 Å². The summed E-state index contributed by atoms with van der Waals surface area (Å²) in [5.41, 5.74) is 3.43. The maximum Gasteiger partial charge on any atom is 0.0841 e. The van der Waals surface area contributed by atoms with Crippen LogP contribution >= 0.6 is 11.8 Å². The molecule has 1 nitrogen and oxygen atoms in total. The first-order chi connectivity index (χ1) is 8.70. The summed E-state index contributed by atoms with van der Waals surface area (Å²) in [4.78, 5) is 1.15. The summed E-state index contributed by atoms with van der Waals surface area (Å²) in [5, 5.41) is 10.4. The van der Waals surface area contributed by atoms with Crippen LogP contribution in [0.2, 0.25) is 0 Å². The molecule has 1 atom stereocenters. The lowest BCUT2D eigenvalue weighted by atomic mass is 10.0. The molecule has 0 radical (unpaired) electrons. The van der Waals surface area contributed by atoms with Crippen molar-refractivity contribution in [2.75, 3.05) is 6.26 Å². The van der Waals surface area contributed by atoms with Crippen LogP contribution in [0.15, 0.2) is 53.4 Å². The molecule has 94 valence electrons. The molecule has 0 spiro atoms. The average Bonchev–Trinajstić information content (AvgIpc) is 2.38. The number of thioether (sulfide) groups is 1. The van der Waals surface area contributed by atoms with E-state index in [1.807, 2.05) is 30.5 Å². The van der Waals surface area contributed by atoms with Crippen molar-refractivity contribution in [3.8, 4) is 0 Å². The summed E-state index contributed by atoms with van der Waals surface area (Å²) in [5.74, 6) is 0. The van der Waals surface area contributed by atoms with Gasteiger partial charge in [-0.3, -0.25) is 0 Å². The van der Waals surface area contributed by atoms with E-state index in [1.54, 1.807) is 11.8 Å². The van der Waals surface area contributed by atoms with Crippen molar-refractivity contribution in [2.24, 2.45) is 0 Å². The predicted octanol–water partition coefficient (Wildman–Crippen LogP) is 3.99. The summed E-state index contributed by atoms with van der Waals surface area (Å²) in [7, 11) is 0. The molecule has 0 aromatic heterocycles. The summed E-state index contributed by atoms with van der Waals surface area (Å²) in [6.45, 7) is 2.08. The van der Waals surface area contributed by atoms with Crippen molar-refractivity contribution in [3.63, 3.8) is 0 Å². The van der Waals surface area contributed by atoms with E-state index < -0.39 is 6.10 Å². The standard InChI is InChI=1S/C16H18OS/c1-12-6-5-7-13(10-12)11-15(17)14-8-3-4-9-16(14)18-2/h3-10,15,17H,11H2,1-2H3. The molecule has 2 aromatic carbocycles. The van der Waals surface area contributed by atoms with Crippen molar-refractivity contribution < 1.29 is 5.11 Å². The molecule has 0 fully saturated rings. The monoisotopic (exact) mass is 258 g/mol. The maximum atomic E-state index is 10.4. The molecular formula is C16H18OS. The number of benzene rings is 2. The Balaban J connectivity index is 2.19. The van der Waals surface area contributed by atoms with Gasteiger partial charge in [0.2, 0.25) is 0 Å². The highest BCUT2D eigenvalue weighted by molar-refractivity contribution is 7.98. The van der Waals surface area contributed by atoms with Crippen LogP contribution in [0.3, 0.4) is 0 Å². The molecule has 1 unspecified atom stereocenters. The third-order valence-corrected chi connectivity index (χ3v) is 3.82. The SMILES string of the molecule is CSc1ccccc1C(O)Cc1cccc(C)c1. The van der Waals surface area contributed by atoms with Gasteiger partial charge in [0.15, 0.2) is 0 Å². The molecule has 0 amide bonds. The van der Waals surface area contributed by atoms with Crippen LogP contribution in [0.4, 0.5) is 0 Å². The van der Waals surface area contributed by atoms with Gasteiger partial charge in [0.05, 0.1) is 6.10 Å². The topological polar surface area (TPSA) is 20.2 Å². The van der Waals surface area contributed by atoms with Gasteiger partial charge in [0.1, 0.15) is 0 Å². The molecule has 2 aromatic rings. The van der Waals surface area contributed by atoms with Gasteiger partial charge >= 0.3 is 0 Å². The number of aliphatic hydroxyl groups excluding tert-OH is 1. The quantitative estimate of drug-likeness (QED) is 0.837. The molecule has 0 saturated carbocycles. The van der Waals surface area contributed by atoms with Crippen molar-refractivity contribution in [1.82, 2.24) is 0 Å². The summed E-state index contributed by atoms with van der Waals surface area (Å²) >= 11 is 1.68. The average molecular weight is 258 g/mol. The van der Waals surface area contributed by atoms with Crippen molar-refractivity contribution in [2.45, 2.75) is 24.3 Å². The lowest BCUT2D eigenvalue weighted by molar-refractivity contribution is 0.175. The van der Waals surface area contributed by atoms with Crippen molar-refractivity contribution >= 4 is 11.8 Å². The maximum absolute atomic E-state index is 10.4. The number of hydrogen-bond acceptors (Lipinski definition) is 2. The van der Waals surface area contributed by atoms with Crippen LogP contribution in [0, 0.1) is 6.92 Å². The lowest BCUT2D eigenvalue weighted by Crippen LogP contribution is -2.03. The number of hydrogen-bond donors (Lipinski definition) is 1. The second-order valence-corrected chi connectivity index (χ2v) is 5.30. The highest BCUT2D eigenvalue weighted by Crippen LogP contribution is 2.27. The van der Waals surface area contributed by atoms with E-state index >= 15 is 0 Å². The molecule has 0 bridgehead atoms. The molecule has 0 aliphatic heterocycles. The molecule has 0 aliphatic rings. The van der Waals surface area contributed by atoms with Crippen molar-refractivity contribution in [1.29, 1.82) is 0 Å². The normalized spacial score (nSPS) is 12.4. The van der Waals surface area contributed by atoms with Gasteiger partial charge in [0, 0.05) is 11.3 Å².